The third-order valence-electron chi connectivity index (χ3n) is 4.46. The van der Waals surface area contributed by atoms with E-state index in [1.165, 1.54) is 24.4 Å². The van der Waals surface area contributed by atoms with Crippen molar-refractivity contribution in [1.29, 1.82) is 0 Å². The molecule has 0 radical (unpaired) electrons. The number of carbonyl (C=O) groups excluding carboxylic acids is 2. The van der Waals surface area contributed by atoms with Gasteiger partial charge in [-0.3, -0.25) is 9.59 Å². The molecule has 0 aliphatic rings. The SMILES string of the molecule is CCCOc1ccc(C=NNC(=O)C(NC(=O)c2ccc(Cl)c(Cl)c2)C(C)C)cc1OC. The number of nitrogens with one attached hydrogen (secondary N) is 2. The summed E-state index contributed by atoms with van der Waals surface area (Å²) >= 11 is 11.9. The predicted octanol–water partition coefficient (Wildman–Crippen LogP) is 4.70. The van der Waals surface area contributed by atoms with Gasteiger partial charge in [-0.1, -0.05) is 44.0 Å². The minimum Gasteiger partial charge on any atom is -0.493 e. The number of halogens is 2. The summed E-state index contributed by atoms with van der Waals surface area (Å²) in [5.41, 5.74) is 3.49. The van der Waals surface area contributed by atoms with Crippen LogP contribution in [0.4, 0.5) is 0 Å². The zero-order chi connectivity index (χ0) is 23.7. The number of hydrazone groups is 1. The largest absolute Gasteiger partial charge is 0.493 e. The van der Waals surface area contributed by atoms with Gasteiger partial charge in [0.15, 0.2) is 11.5 Å². The van der Waals surface area contributed by atoms with E-state index in [1.807, 2.05) is 20.8 Å². The Morgan fingerprint density at radius 3 is 2.47 bits per heavy atom. The van der Waals surface area contributed by atoms with Crippen LogP contribution in [-0.2, 0) is 4.79 Å². The zero-order valence-corrected chi connectivity index (χ0v) is 20.0. The Kier molecular flexibility index (Phi) is 9.81. The lowest BCUT2D eigenvalue weighted by Crippen LogP contribution is -2.48. The number of ether oxygens (including phenoxy) is 2. The van der Waals surface area contributed by atoms with Crippen LogP contribution in [0.1, 0.15) is 43.1 Å². The van der Waals surface area contributed by atoms with E-state index < -0.39 is 17.9 Å². The first-order chi connectivity index (χ1) is 15.3. The van der Waals surface area contributed by atoms with Gasteiger partial charge in [0.25, 0.3) is 11.8 Å². The van der Waals surface area contributed by atoms with Gasteiger partial charge in [-0.05, 0) is 54.3 Å². The average Bonchev–Trinajstić information content (AvgIpc) is 2.77. The number of rotatable bonds is 10. The number of carbonyl (C=O) groups is 2. The Morgan fingerprint density at radius 1 is 1.09 bits per heavy atom. The molecule has 0 aliphatic heterocycles. The zero-order valence-electron chi connectivity index (χ0n) is 18.4. The van der Waals surface area contributed by atoms with Gasteiger partial charge in [-0.2, -0.15) is 5.10 Å². The first kappa shape index (κ1) is 25.5. The second-order valence-corrected chi connectivity index (χ2v) is 8.13. The highest BCUT2D eigenvalue weighted by molar-refractivity contribution is 6.42. The summed E-state index contributed by atoms with van der Waals surface area (Å²) in [6.45, 7) is 6.25. The molecule has 0 heterocycles. The van der Waals surface area contributed by atoms with Crippen molar-refractivity contribution in [2.24, 2.45) is 11.0 Å². The second kappa shape index (κ2) is 12.3. The lowest BCUT2D eigenvalue weighted by atomic mass is 10.0. The van der Waals surface area contributed by atoms with Crippen LogP contribution in [0, 0.1) is 5.92 Å². The van der Waals surface area contributed by atoms with E-state index in [1.54, 1.807) is 25.3 Å². The Bertz CT molecular complexity index is 980. The highest BCUT2D eigenvalue weighted by Gasteiger charge is 2.24. The fourth-order valence-corrected chi connectivity index (χ4v) is 3.03. The molecular formula is C23H27Cl2N3O4. The number of benzene rings is 2. The molecule has 1 unspecified atom stereocenters. The second-order valence-electron chi connectivity index (χ2n) is 7.32. The molecule has 2 rings (SSSR count). The summed E-state index contributed by atoms with van der Waals surface area (Å²) < 4.78 is 11.0. The quantitative estimate of drug-likeness (QED) is 0.381. The van der Waals surface area contributed by atoms with Crippen molar-refractivity contribution in [3.05, 3.63) is 57.6 Å². The third-order valence-corrected chi connectivity index (χ3v) is 5.19. The Morgan fingerprint density at radius 2 is 1.84 bits per heavy atom. The van der Waals surface area contributed by atoms with Crippen molar-refractivity contribution in [2.45, 2.75) is 33.2 Å². The molecule has 2 aromatic rings. The molecule has 0 aromatic heterocycles. The molecule has 0 spiro atoms. The fourth-order valence-electron chi connectivity index (χ4n) is 2.73. The van der Waals surface area contributed by atoms with E-state index in [0.717, 1.165) is 6.42 Å². The Hall–Kier alpha value is -2.77. The van der Waals surface area contributed by atoms with Crippen molar-refractivity contribution >= 4 is 41.2 Å². The highest BCUT2D eigenvalue weighted by atomic mass is 35.5. The van der Waals surface area contributed by atoms with Gasteiger partial charge in [0.2, 0.25) is 0 Å². The lowest BCUT2D eigenvalue weighted by Gasteiger charge is -2.20. The first-order valence-electron chi connectivity index (χ1n) is 10.2. The maximum atomic E-state index is 12.6. The molecule has 7 nitrogen and oxygen atoms in total. The van der Waals surface area contributed by atoms with Crippen LogP contribution >= 0.6 is 23.2 Å². The van der Waals surface area contributed by atoms with E-state index >= 15 is 0 Å². The summed E-state index contributed by atoms with van der Waals surface area (Å²) in [5, 5.41) is 7.32. The number of nitrogens with zero attached hydrogens (tertiary/aromatic N) is 1. The van der Waals surface area contributed by atoms with Gasteiger partial charge >= 0.3 is 0 Å². The highest BCUT2D eigenvalue weighted by Crippen LogP contribution is 2.27. The van der Waals surface area contributed by atoms with Crippen LogP contribution in [0.5, 0.6) is 11.5 Å². The van der Waals surface area contributed by atoms with Crippen molar-refractivity contribution in [2.75, 3.05) is 13.7 Å². The van der Waals surface area contributed by atoms with E-state index in [9.17, 15) is 9.59 Å². The van der Waals surface area contributed by atoms with Crippen LogP contribution in [0.2, 0.25) is 10.0 Å². The summed E-state index contributed by atoms with van der Waals surface area (Å²) in [4.78, 5) is 25.2. The van der Waals surface area contributed by atoms with Crippen molar-refractivity contribution in [1.82, 2.24) is 10.7 Å². The molecule has 32 heavy (non-hydrogen) atoms. The summed E-state index contributed by atoms with van der Waals surface area (Å²) in [5.74, 6) is 0.156. The van der Waals surface area contributed by atoms with E-state index in [2.05, 4.69) is 15.8 Å². The van der Waals surface area contributed by atoms with Crippen LogP contribution in [0.15, 0.2) is 41.5 Å². The average molecular weight is 480 g/mol. The molecule has 0 aliphatic carbocycles. The Balaban J connectivity index is 2.04. The third kappa shape index (κ3) is 7.14. The minimum atomic E-state index is -0.798. The molecule has 2 aromatic carbocycles. The number of amides is 2. The molecular weight excluding hydrogens is 453 g/mol. The molecule has 0 saturated carbocycles. The molecule has 2 N–H and O–H groups in total. The van der Waals surface area contributed by atoms with Crippen LogP contribution in [0.3, 0.4) is 0 Å². The molecule has 0 fully saturated rings. The molecule has 2 amide bonds. The number of hydrogen-bond acceptors (Lipinski definition) is 5. The van der Waals surface area contributed by atoms with Crippen molar-refractivity contribution < 1.29 is 19.1 Å². The monoisotopic (exact) mass is 479 g/mol. The number of hydrogen-bond donors (Lipinski definition) is 2. The standard InChI is InChI=1S/C23H27Cl2N3O4/c1-5-10-32-19-9-6-15(11-20(19)31-4)13-26-28-23(30)21(14(2)3)27-22(29)16-7-8-17(24)18(25)12-16/h6-9,11-14,21H,5,10H2,1-4H3,(H,27,29)(H,28,30). The van der Waals surface area contributed by atoms with Crippen molar-refractivity contribution in [3.63, 3.8) is 0 Å². The normalized spacial score (nSPS) is 12.0. The minimum absolute atomic E-state index is 0.174. The van der Waals surface area contributed by atoms with Crippen LogP contribution in [-0.4, -0.2) is 37.8 Å². The Labute approximate surface area is 198 Å². The maximum Gasteiger partial charge on any atom is 0.262 e. The molecule has 172 valence electrons. The summed E-state index contributed by atoms with van der Waals surface area (Å²) in [7, 11) is 1.56. The van der Waals surface area contributed by atoms with Crippen LogP contribution < -0.4 is 20.2 Å². The molecule has 9 heteroatoms. The van der Waals surface area contributed by atoms with E-state index in [0.29, 0.717) is 34.3 Å². The van der Waals surface area contributed by atoms with Gasteiger partial charge in [0.1, 0.15) is 6.04 Å². The van der Waals surface area contributed by atoms with E-state index in [4.69, 9.17) is 32.7 Å². The van der Waals surface area contributed by atoms with Crippen molar-refractivity contribution in [3.8, 4) is 11.5 Å². The van der Waals surface area contributed by atoms with Gasteiger partial charge in [0, 0.05) is 5.56 Å². The van der Waals surface area contributed by atoms with Gasteiger partial charge in [0.05, 0.1) is 30.0 Å². The number of methoxy groups -OCH3 is 1. The molecule has 0 saturated heterocycles. The van der Waals surface area contributed by atoms with Gasteiger partial charge in [-0.15, -0.1) is 0 Å². The smallest absolute Gasteiger partial charge is 0.262 e. The van der Waals surface area contributed by atoms with Gasteiger partial charge in [-0.25, -0.2) is 5.43 Å². The fraction of sp³-hybridized carbons (Fsp3) is 0.348. The first-order valence-corrected chi connectivity index (χ1v) is 10.9. The van der Waals surface area contributed by atoms with Crippen LogP contribution in [0.25, 0.3) is 0 Å². The summed E-state index contributed by atoms with van der Waals surface area (Å²) in [6, 6.07) is 9.06. The molecule has 1 atom stereocenters. The van der Waals surface area contributed by atoms with Gasteiger partial charge < -0.3 is 14.8 Å². The topological polar surface area (TPSA) is 89.0 Å². The molecule has 0 bridgehead atoms. The van der Waals surface area contributed by atoms with E-state index in [-0.39, 0.29) is 10.9 Å². The lowest BCUT2D eigenvalue weighted by molar-refractivity contribution is -0.123. The summed E-state index contributed by atoms with van der Waals surface area (Å²) in [6.07, 6.45) is 2.37. The predicted molar refractivity (Wildman–Crippen MR) is 127 cm³/mol. The maximum absolute atomic E-state index is 12.6.